The molecule has 1 saturated carbocycles. The Kier molecular flexibility index (Phi) is 5.58. The van der Waals surface area contributed by atoms with E-state index in [9.17, 15) is 19.1 Å². The van der Waals surface area contributed by atoms with Gasteiger partial charge in [0.25, 0.3) is 0 Å². The summed E-state index contributed by atoms with van der Waals surface area (Å²) in [6.45, 7) is 1.93. The van der Waals surface area contributed by atoms with Gasteiger partial charge >= 0.3 is 0 Å². The minimum atomic E-state index is -0.609. The second-order valence-electron chi connectivity index (χ2n) is 7.48. The van der Waals surface area contributed by atoms with E-state index in [2.05, 4.69) is 5.32 Å². The molecule has 2 fully saturated rings. The monoisotopic (exact) mass is 363 g/mol. The summed E-state index contributed by atoms with van der Waals surface area (Å²) in [5, 5.41) is 12.2. The van der Waals surface area contributed by atoms with Crippen molar-refractivity contribution in [2.24, 2.45) is 5.41 Å². The van der Waals surface area contributed by atoms with Crippen molar-refractivity contribution in [3.63, 3.8) is 0 Å². The van der Waals surface area contributed by atoms with Crippen LogP contribution >= 0.6 is 0 Å². The Morgan fingerprint density at radius 1 is 1.42 bits per heavy atom. The average molecular weight is 363 g/mol. The van der Waals surface area contributed by atoms with Crippen LogP contribution in [0.5, 0.6) is 0 Å². The molecule has 1 aliphatic heterocycles. The fourth-order valence-corrected chi connectivity index (χ4v) is 3.47. The second kappa shape index (κ2) is 7.72. The summed E-state index contributed by atoms with van der Waals surface area (Å²) >= 11 is 0. The molecule has 1 aliphatic carbocycles. The zero-order valence-electron chi connectivity index (χ0n) is 15.1. The highest BCUT2D eigenvalue weighted by Crippen LogP contribution is 2.45. The Hall–Kier alpha value is -1.99. The number of nitrogens with one attached hydrogen (secondary N) is 1. The van der Waals surface area contributed by atoms with Crippen LogP contribution < -0.4 is 5.32 Å². The maximum absolute atomic E-state index is 14.0. The first-order chi connectivity index (χ1) is 12.4. The van der Waals surface area contributed by atoms with E-state index in [1.807, 2.05) is 4.90 Å². The normalized spacial score (nSPS) is 22.0. The number of rotatable bonds is 7. The Labute approximate surface area is 153 Å². The third kappa shape index (κ3) is 4.22. The number of carbonyl (C=O) groups is 2. The maximum Gasteiger partial charge on any atom is 0.237 e. The zero-order chi connectivity index (χ0) is 18.7. The van der Waals surface area contributed by atoms with Gasteiger partial charge in [0, 0.05) is 44.2 Å². The largest absolute Gasteiger partial charge is 0.396 e. The number of amides is 2. The van der Waals surface area contributed by atoms with Crippen LogP contribution in [0.15, 0.2) is 24.3 Å². The van der Waals surface area contributed by atoms with Crippen molar-refractivity contribution in [3.05, 3.63) is 35.6 Å². The summed E-state index contributed by atoms with van der Waals surface area (Å²) in [7, 11) is 1.71. The van der Waals surface area contributed by atoms with Gasteiger partial charge in [-0.15, -0.1) is 0 Å². The van der Waals surface area contributed by atoms with Gasteiger partial charge in [-0.3, -0.25) is 14.5 Å². The molecule has 0 bridgehead atoms. The van der Waals surface area contributed by atoms with Crippen LogP contribution in [0.3, 0.4) is 0 Å². The van der Waals surface area contributed by atoms with Crippen molar-refractivity contribution < 1.29 is 19.1 Å². The van der Waals surface area contributed by atoms with Crippen LogP contribution in [0.25, 0.3) is 0 Å². The lowest BCUT2D eigenvalue weighted by Crippen LogP contribution is -2.56. The number of hydrogen-bond acceptors (Lipinski definition) is 4. The Bertz CT molecular complexity index is 678. The summed E-state index contributed by atoms with van der Waals surface area (Å²) in [4.78, 5) is 28.4. The SMILES string of the molecule is CN(CC1(CO)CC1)C(=O)C[C@H]1C(=O)NCCN1Cc1ccccc1F. The molecular weight excluding hydrogens is 337 g/mol. The molecule has 2 amide bonds. The number of carbonyl (C=O) groups excluding carboxylic acids is 2. The van der Waals surface area contributed by atoms with E-state index >= 15 is 0 Å². The van der Waals surface area contributed by atoms with E-state index in [1.54, 1.807) is 30.1 Å². The molecule has 3 rings (SSSR count). The number of aliphatic hydroxyl groups is 1. The summed E-state index contributed by atoms with van der Waals surface area (Å²) in [5.41, 5.74) is 0.358. The molecule has 1 atom stereocenters. The fourth-order valence-electron chi connectivity index (χ4n) is 3.47. The van der Waals surface area contributed by atoms with Gasteiger partial charge in [0.05, 0.1) is 19.1 Å². The number of benzene rings is 1. The Morgan fingerprint density at radius 2 is 2.15 bits per heavy atom. The fraction of sp³-hybridized carbons (Fsp3) is 0.579. The zero-order valence-corrected chi connectivity index (χ0v) is 15.1. The lowest BCUT2D eigenvalue weighted by molar-refractivity contribution is -0.138. The van der Waals surface area contributed by atoms with E-state index in [0.717, 1.165) is 12.8 Å². The standard InChI is InChI=1S/C19H26FN3O3/c1-22(12-19(13-24)6-7-19)17(25)10-16-18(26)21-8-9-23(16)11-14-4-2-3-5-15(14)20/h2-5,16,24H,6-13H2,1H3,(H,21,26)/t16-/m0/s1. The van der Waals surface area contributed by atoms with Crippen LogP contribution in [-0.2, 0) is 16.1 Å². The van der Waals surface area contributed by atoms with Crippen molar-refractivity contribution in [3.8, 4) is 0 Å². The van der Waals surface area contributed by atoms with Crippen LogP contribution in [0.1, 0.15) is 24.8 Å². The van der Waals surface area contributed by atoms with Crippen molar-refractivity contribution in [2.75, 3.05) is 33.3 Å². The van der Waals surface area contributed by atoms with Gasteiger partial charge in [-0.25, -0.2) is 4.39 Å². The van der Waals surface area contributed by atoms with Gasteiger partial charge < -0.3 is 15.3 Å². The van der Waals surface area contributed by atoms with Crippen LogP contribution in [0.4, 0.5) is 4.39 Å². The highest BCUT2D eigenvalue weighted by atomic mass is 19.1. The molecule has 6 nitrogen and oxygen atoms in total. The summed E-state index contributed by atoms with van der Waals surface area (Å²) < 4.78 is 14.0. The van der Waals surface area contributed by atoms with E-state index in [0.29, 0.717) is 31.7 Å². The lowest BCUT2D eigenvalue weighted by atomic mass is 10.0. The van der Waals surface area contributed by atoms with Gasteiger partial charge in [0.15, 0.2) is 0 Å². The van der Waals surface area contributed by atoms with Gasteiger partial charge in [-0.1, -0.05) is 18.2 Å². The predicted octanol–water partition coefficient (Wildman–Crippen LogP) is 0.747. The smallest absolute Gasteiger partial charge is 0.237 e. The molecule has 2 aliphatic rings. The molecule has 2 N–H and O–H groups in total. The third-order valence-electron chi connectivity index (χ3n) is 5.43. The minimum Gasteiger partial charge on any atom is -0.396 e. The van der Waals surface area contributed by atoms with Crippen molar-refractivity contribution >= 4 is 11.8 Å². The molecule has 1 heterocycles. The minimum absolute atomic E-state index is 0.0539. The molecule has 142 valence electrons. The first-order valence-corrected chi connectivity index (χ1v) is 9.04. The number of hydrogen-bond donors (Lipinski definition) is 2. The molecular formula is C19H26FN3O3. The number of halogens is 1. The van der Waals surface area contributed by atoms with Crippen molar-refractivity contribution in [1.82, 2.24) is 15.1 Å². The van der Waals surface area contributed by atoms with Gasteiger partial charge in [-0.2, -0.15) is 0 Å². The summed E-state index contributed by atoms with van der Waals surface area (Å²) in [5.74, 6) is -0.637. The van der Waals surface area contributed by atoms with E-state index in [1.165, 1.54) is 6.07 Å². The molecule has 1 aromatic carbocycles. The number of aliphatic hydroxyl groups excluding tert-OH is 1. The van der Waals surface area contributed by atoms with E-state index in [-0.39, 0.29) is 36.1 Å². The van der Waals surface area contributed by atoms with Gasteiger partial charge in [-0.05, 0) is 18.9 Å². The molecule has 1 saturated heterocycles. The van der Waals surface area contributed by atoms with Crippen molar-refractivity contribution in [1.29, 1.82) is 0 Å². The van der Waals surface area contributed by atoms with E-state index in [4.69, 9.17) is 0 Å². The molecule has 0 radical (unpaired) electrons. The highest BCUT2D eigenvalue weighted by Gasteiger charge is 2.44. The summed E-state index contributed by atoms with van der Waals surface area (Å²) in [6.07, 6.45) is 1.90. The van der Waals surface area contributed by atoms with E-state index < -0.39 is 6.04 Å². The van der Waals surface area contributed by atoms with Crippen LogP contribution in [0.2, 0.25) is 0 Å². The quantitative estimate of drug-likeness (QED) is 0.750. The Morgan fingerprint density at radius 3 is 2.81 bits per heavy atom. The average Bonchev–Trinajstić information content (AvgIpc) is 3.39. The number of piperazine rings is 1. The number of nitrogens with zero attached hydrogens (tertiary/aromatic N) is 2. The maximum atomic E-state index is 14.0. The molecule has 0 aromatic heterocycles. The first kappa shape index (κ1) is 18.8. The molecule has 26 heavy (non-hydrogen) atoms. The molecule has 0 spiro atoms. The van der Waals surface area contributed by atoms with Gasteiger partial charge in [0.2, 0.25) is 11.8 Å². The second-order valence-corrected chi connectivity index (χ2v) is 7.48. The third-order valence-corrected chi connectivity index (χ3v) is 5.43. The topological polar surface area (TPSA) is 72.9 Å². The highest BCUT2D eigenvalue weighted by molar-refractivity contribution is 5.88. The summed E-state index contributed by atoms with van der Waals surface area (Å²) in [6, 6.07) is 5.89. The lowest BCUT2D eigenvalue weighted by Gasteiger charge is -2.35. The van der Waals surface area contributed by atoms with Gasteiger partial charge in [0.1, 0.15) is 5.82 Å². The van der Waals surface area contributed by atoms with Crippen LogP contribution in [-0.4, -0.2) is 66.1 Å². The first-order valence-electron chi connectivity index (χ1n) is 9.04. The molecule has 7 heteroatoms. The van der Waals surface area contributed by atoms with Crippen molar-refractivity contribution in [2.45, 2.75) is 31.8 Å². The predicted molar refractivity (Wildman–Crippen MR) is 94.6 cm³/mol. The van der Waals surface area contributed by atoms with Crippen LogP contribution in [0, 0.1) is 11.2 Å². The molecule has 0 unspecified atom stereocenters. The molecule has 1 aromatic rings. The Balaban J connectivity index is 1.65.